The molecule has 0 radical (unpaired) electrons. The Labute approximate surface area is 124 Å². The molecule has 1 aromatic rings. The zero-order chi connectivity index (χ0) is 15.2. The van der Waals surface area contributed by atoms with Crippen molar-refractivity contribution in [2.45, 2.75) is 44.7 Å². The molecule has 0 aromatic heterocycles. The van der Waals surface area contributed by atoms with Crippen molar-refractivity contribution < 1.29 is 13.6 Å². The predicted octanol–water partition coefficient (Wildman–Crippen LogP) is 2.80. The van der Waals surface area contributed by atoms with Gasteiger partial charge in [0.1, 0.15) is 0 Å². The molecule has 0 saturated heterocycles. The van der Waals surface area contributed by atoms with E-state index in [4.69, 9.17) is 5.73 Å². The minimum atomic E-state index is -2.52. The van der Waals surface area contributed by atoms with Gasteiger partial charge in [-0.3, -0.25) is 4.79 Å². The van der Waals surface area contributed by atoms with Crippen LogP contribution in [0.5, 0.6) is 0 Å². The summed E-state index contributed by atoms with van der Waals surface area (Å²) >= 11 is 0. The number of rotatable bonds is 5. The van der Waals surface area contributed by atoms with E-state index in [1.807, 2.05) is 30.3 Å². The molecule has 1 aliphatic carbocycles. The molecule has 116 valence electrons. The number of amides is 1. The van der Waals surface area contributed by atoms with E-state index >= 15 is 0 Å². The van der Waals surface area contributed by atoms with Crippen LogP contribution in [0.2, 0.25) is 0 Å². The molecule has 1 fully saturated rings. The lowest BCUT2D eigenvalue weighted by Gasteiger charge is -2.31. The summed E-state index contributed by atoms with van der Waals surface area (Å²) < 4.78 is 25.5. The number of benzene rings is 1. The summed E-state index contributed by atoms with van der Waals surface area (Å²) in [6.45, 7) is -0.283. The van der Waals surface area contributed by atoms with Crippen molar-refractivity contribution in [2.75, 3.05) is 6.54 Å². The molecule has 0 aliphatic heterocycles. The highest BCUT2D eigenvalue weighted by molar-refractivity contribution is 5.79. The fourth-order valence-corrected chi connectivity index (χ4v) is 2.91. The van der Waals surface area contributed by atoms with E-state index in [1.165, 1.54) is 4.90 Å². The summed E-state index contributed by atoms with van der Waals surface area (Å²) in [4.78, 5) is 13.8. The van der Waals surface area contributed by atoms with Crippen LogP contribution < -0.4 is 5.73 Å². The molecular formula is C16H22F2N2O. The third kappa shape index (κ3) is 4.77. The van der Waals surface area contributed by atoms with Gasteiger partial charge in [0.15, 0.2) is 0 Å². The van der Waals surface area contributed by atoms with Crippen molar-refractivity contribution in [3.8, 4) is 0 Å². The Morgan fingerprint density at radius 3 is 2.62 bits per heavy atom. The monoisotopic (exact) mass is 296 g/mol. The Hall–Kier alpha value is -1.49. The van der Waals surface area contributed by atoms with E-state index in [9.17, 15) is 13.6 Å². The summed E-state index contributed by atoms with van der Waals surface area (Å²) in [5.74, 6) is -0.398. The van der Waals surface area contributed by atoms with Gasteiger partial charge in [-0.2, -0.15) is 0 Å². The SMILES string of the molecule is NC1CCCC(C(=O)N(Cc2ccccc2)CC(F)F)C1. The third-order valence-corrected chi connectivity index (χ3v) is 3.95. The number of nitrogens with two attached hydrogens (primary N) is 1. The molecule has 2 atom stereocenters. The second-order valence-electron chi connectivity index (χ2n) is 5.72. The Kier molecular flexibility index (Phi) is 5.67. The van der Waals surface area contributed by atoms with Gasteiger partial charge in [-0.05, 0) is 24.8 Å². The minimum absolute atomic E-state index is 0.0119. The predicted molar refractivity (Wildman–Crippen MR) is 77.8 cm³/mol. The van der Waals surface area contributed by atoms with Crippen molar-refractivity contribution in [1.29, 1.82) is 0 Å². The molecule has 2 N–H and O–H groups in total. The average Bonchev–Trinajstić information content (AvgIpc) is 2.46. The van der Waals surface area contributed by atoms with E-state index in [1.54, 1.807) is 0 Å². The second-order valence-corrected chi connectivity index (χ2v) is 5.72. The third-order valence-electron chi connectivity index (χ3n) is 3.95. The van der Waals surface area contributed by atoms with Gasteiger partial charge >= 0.3 is 0 Å². The van der Waals surface area contributed by atoms with Crippen LogP contribution >= 0.6 is 0 Å². The molecule has 2 rings (SSSR count). The van der Waals surface area contributed by atoms with Crippen LogP contribution in [0, 0.1) is 5.92 Å². The van der Waals surface area contributed by atoms with Crippen molar-refractivity contribution in [3.05, 3.63) is 35.9 Å². The maximum absolute atomic E-state index is 12.8. The van der Waals surface area contributed by atoms with Crippen LogP contribution in [0.3, 0.4) is 0 Å². The maximum Gasteiger partial charge on any atom is 0.255 e. The van der Waals surface area contributed by atoms with E-state index < -0.39 is 13.0 Å². The lowest BCUT2D eigenvalue weighted by Crippen LogP contribution is -2.42. The van der Waals surface area contributed by atoms with Gasteiger partial charge in [-0.15, -0.1) is 0 Å². The average molecular weight is 296 g/mol. The van der Waals surface area contributed by atoms with Crippen LogP contribution in [0.25, 0.3) is 0 Å². The molecule has 0 spiro atoms. The van der Waals surface area contributed by atoms with E-state index in [-0.39, 0.29) is 24.4 Å². The fraction of sp³-hybridized carbons (Fsp3) is 0.562. The summed E-state index contributed by atoms with van der Waals surface area (Å²) in [6, 6.07) is 9.26. The van der Waals surface area contributed by atoms with Crippen molar-refractivity contribution in [2.24, 2.45) is 11.7 Å². The number of nitrogens with zero attached hydrogens (tertiary/aromatic N) is 1. The van der Waals surface area contributed by atoms with Crippen LogP contribution in [-0.4, -0.2) is 29.8 Å². The van der Waals surface area contributed by atoms with Gasteiger partial charge in [0.2, 0.25) is 5.91 Å². The van der Waals surface area contributed by atoms with Gasteiger partial charge in [-0.1, -0.05) is 36.8 Å². The summed E-state index contributed by atoms with van der Waals surface area (Å²) in [7, 11) is 0. The number of carbonyl (C=O) groups is 1. The van der Waals surface area contributed by atoms with E-state index in [0.29, 0.717) is 6.42 Å². The highest BCUT2D eigenvalue weighted by atomic mass is 19.3. The largest absolute Gasteiger partial charge is 0.332 e. The number of hydrogen-bond acceptors (Lipinski definition) is 2. The smallest absolute Gasteiger partial charge is 0.255 e. The second kappa shape index (κ2) is 7.50. The van der Waals surface area contributed by atoms with Gasteiger partial charge in [0.05, 0.1) is 6.54 Å². The minimum Gasteiger partial charge on any atom is -0.332 e. The van der Waals surface area contributed by atoms with E-state index in [2.05, 4.69) is 0 Å². The normalized spacial score (nSPS) is 22.3. The first-order valence-electron chi connectivity index (χ1n) is 7.42. The van der Waals surface area contributed by atoms with Gasteiger partial charge < -0.3 is 10.6 Å². The molecule has 1 aromatic carbocycles. The number of alkyl halides is 2. The fourth-order valence-electron chi connectivity index (χ4n) is 2.91. The highest BCUT2D eigenvalue weighted by Gasteiger charge is 2.30. The van der Waals surface area contributed by atoms with Gasteiger partial charge in [0.25, 0.3) is 6.43 Å². The number of hydrogen-bond donors (Lipinski definition) is 1. The summed E-state index contributed by atoms with van der Waals surface area (Å²) in [6.07, 6.45) is 0.645. The van der Waals surface area contributed by atoms with Gasteiger partial charge in [-0.25, -0.2) is 8.78 Å². The quantitative estimate of drug-likeness (QED) is 0.908. The van der Waals surface area contributed by atoms with Crippen molar-refractivity contribution >= 4 is 5.91 Å². The first-order valence-corrected chi connectivity index (χ1v) is 7.42. The molecular weight excluding hydrogens is 274 g/mol. The molecule has 1 amide bonds. The molecule has 0 bridgehead atoms. The molecule has 1 saturated carbocycles. The molecule has 3 nitrogen and oxygen atoms in total. The highest BCUT2D eigenvalue weighted by Crippen LogP contribution is 2.26. The Morgan fingerprint density at radius 2 is 2.00 bits per heavy atom. The molecule has 21 heavy (non-hydrogen) atoms. The van der Waals surface area contributed by atoms with Crippen LogP contribution in [0.1, 0.15) is 31.2 Å². The standard InChI is InChI=1S/C16H22F2N2O/c17-15(18)11-20(10-12-5-2-1-3-6-12)16(21)13-7-4-8-14(19)9-13/h1-3,5-6,13-15H,4,7-11,19H2. The van der Waals surface area contributed by atoms with Crippen molar-refractivity contribution in [3.63, 3.8) is 0 Å². The van der Waals surface area contributed by atoms with Crippen LogP contribution in [-0.2, 0) is 11.3 Å². The Balaban J connectivity index is 2.05. The lowest BCUT2D eigenvalue weighted by molar-refractivity contribution is -0.139. The maximum atomic E-state index is 12.8. The van der Waals surface area contributed by atoms with Crippen LogP contribution in [0.4, 0.5) is 8.78 Å². The summed E-state index contributed by atoms with van der Waals surface area (Å²) in [5.41, 5.74) is 6.77. The summed E-state index contributed by atoms with van der Waals surface area (Å²) in [5, 5.41) is 0. The lowest BCUT2D eigenvalue weighted by atomic mass is 9.85. The number of carbonyl (C=O) groups excluding carboxylic acids is 1. The van der Waals surface area contributed by atoms with E-state index in [0.717, 1.165) is 24.8 Å². The topological polar surface area (TPSA) is 46.3 Å². The first kappa shape index (κ1) is 15.9. The Bertz CT molecular complexity index is 453. The van der Waals surface area contributed by atoms with Crippen LogP contribution in [0.15, 0.2) is 30.3 Å². The Morgan fingerprint density at radius 1 is 1.29 bits per heavy atom. The van der Waals surface area contributed by atoms with Crippen molar-refractivity contribution in [1.82, 2.24) is 4.90 Å². The zero-order valence-corrected chi connectivity index (χ0v) is 12.1. The van der Waals surface area contributed by atoms with Gasteiger partial charge in [0, 0.05) is 18.5 Å². The molecule has 0 heterocycles. The molecule has 5 heteroatoms. The molecule has 2 unspecified atom stereocenters. The molecule has 1 aliphatic rings. The first-order chi connectivity index (χ1) is 10.1. The zero-order valence-electron chi connectivity index (χ0n) is 12.1. The number of halogens is 2.